The van der Waals surface area contributed by atoms with Crippen molar-refractivity contribution in [1.82, 2.24) is 10.3 Å². The number of benzene rings is 2. The molecule has 8 nitrogen and oxygen atoms in total. The second kappa shape index (κ2) is 11.9. The van der Waals surface area contributed by atoms with Gasteiger partial charge in [0.1, 0.15) is 10.6 Å². The highest BCUT2D eigenvalue weighted by Crippen LogP contribution is 2.41. The van der Waals surface area contributed by atoms with Crippen LogP contribution >= 0.6 is 11.3 Å². The van der Waals surface area contributed by atoms with Crippen LogP contribution in [0.4, 0.5) is 0 Å². The molecule has 4 rings (SSSR count). The van der Waals surface area contributed by atoms with Crippen LogP contribution in [0.5, 0.6) is 11.5 Å². The van der Waals surface area contributed by atoms with E-state index in [9.17, 15) is 9.59 Å². The van der Waals surface area contributed by atoms with Crippen molar-refractivity contribution >= 4 is 33.4 Å². The van der Waals surface area contributed by atoms with Gasteiger partial charge >= 0.3 is 5.97 Å². The van der Waals surface area contributed by atoms with Gasteiger partial charge in [-0.2, -0.15) is 0 Å². The lowest BCUT2D eigenvalue weighted by atomic mass is 9.80. The van der Waals surface area contributed by atoms with Gasteiger partial charge in [-0.15, -0.1) is 11.3 Å². The van der Waals surface area contributed by atoms with E-state index in [1.807, 2.05) is 57.2 Å². The maximum Gasteiger partial charge on any atom is 0.307 e. The molecule has 0 bridgehead atoms. The molecule has 210 valence electrons. The van der Waals surface area contributed by atoms with E-state index >= 15 is 0 Å². The van der Waals surface area contributed by atoms with Crippen molar-refractivity contribution in [3.63, 3.8) is 0 Å². The number of carbonyl (C=O) groups is 2. The van der Waals surface area contributed by atoms with E-state index in [1.54, 1.807) is 7.11 Å². The molecule has 1 heterocycles. The monoisotopic (exact) mass is 554 g/mol. The molecule has 2 N–H and O–H groups in total. The molecule has 1 aromatic heterocycles. The number of amides is 1. The lowest BCUT2D eigenvalue weighted by Crippen LogP contribution is -3.05. The maximum atomic E-state index is 13.7. The van der Waals surface area contributed by atoms with Gasteiger partial charge in [-0.3, -0.25) is 9.59 Å². The van der Waals surface area contributed by atoms with Gasteiger partial charge in [-0.05, 0) is 44.7 Å². The van der Waals surface area contributed by atoms with E-state index in [0.29, 0.717) is 30.9 Å². The first-order valence-electron chi connectivity index (χ1n) is 13.4. The third kappa shape index (κ3) is 7.28. The van der Waals surface area contributed by atoms with E-state index in [4.69, 9.17) is 19.2 Å². The fourth-order valence-corrected chi connectivity index (χ4v) is 5.91. The van der Waals surface area contributed by atoms with E-state index in [2.05, 4.69) is 19.4 Å². The molecule has 1 aliphatic rings. The minimum atomic E-state index is -0.888. The summed E-state index contributed by atoms with van der Waals surface area (Å²) in [5, 5.41) is 3.85. The number of thiazole rings is 1. The summed E-state index contributed by atoms with van der Waals surface area (Å²) in [7, 11) is 5.87. The van der Waals surface area contributed by atoms with Crippen LogP contribution < -0.4 is 19.7 Å². The zero-order valence-electron chi connectivity index (χ0n) is 23.8. The lowest BCUT2D eigenvalue weighted by Gasteiger charge is -2.28. The molecule has 0 atom stereocenters. The zero-order chi connectivity index (χ0) is 28.2. The molecule has 0 aliphatic heterocycles. The summed E-state index contributed by atoms with van der Waals surface area (Å²) in [6, 6.07) is 11.8. The largest absolute Gasteiger partial charge is 0.493 e. The number of nitrogens with one attached hydrogen (secondary N) is 2. The van der Waals surface area contributed by atoms with Crippen LogP contribution in [0, 0.1) is 5.41 Å². The second-order valence-corrected chi connectivity index (χ2v) is 12.7. The SMILES string of the molecule is COc1cc2sc(CNC(=O)C3(CC(=O)OC(C)(C)C)Cc4ccccc4C3)nc2cc1OCCC[NH+](C)C. The fourth-order valence-electron chi connectivity index (χ4n) is 5.00. The molecule has 1 aliphatic carbocycles. The summed E-state index contributed by atoms with van der Waals surface area (Å²) in [4.78, 5) is 32.7. The second-order valence-electron chi connectivity index (χ2n) is 11.6. The Labute approximate surface area is 234 Å². The molecule has 39 heavy (non-hydrogen) atoms. The summed E-state index contributed by atoms with van der Waals surface area (Å²) in [5.41, 5.74) is 1.50. The average Bonchev–Trinajstić information content (AvgIpc) is 3.43. The summed E-state index contributed by atoms with van der Waals surface area (Å²) in [6.45, 7) is 7.40. The first-order chi connectivity index (χ1) is 18.5. The van der Waals surface area contributed by atoms with Gasteiger partial charge in [-0.25, -0.2) is 4.98 Å². The van der Waals surface area contributed by atoms with Crippen molar-refractivity contribution in [2.24, 2.45) is 5.41 Å². The predicted molar refractivity (Wildman–Crippen MR) is 153 cm³/mol. The molecule has 0 saturated heterocycles. The van der Waals surface area contributed by atoms with Crippen molar-refractivity contribution in [1.29, 1.82) is 0 Å². The highest BCUT2D eigenvalue weighted by molar-refractivity contribution is 7.18. The Morgan fingerprint density at radius 1 is 1.10 bits per heavy atom. The van der Waals surface area contributed by atoms with Crippen molar-refractivity contribution in [2.75, 3.05) is 34.4 Å². The molecule has 3 aromatic rings. The Morgan fingerprint density at radius 3 is 2.41 bits per heavy atom. The van der Waals surface area contributed by atoms with Crippen LogP contribution in [0.25, 0.3) is 10.2 Å². The van der Waals surface area contributed by atoms with Crippen molar-refractivity contribution < 1.29 is 28.7 Å². The Bertz CT molecular complexity index is 1300. The third-order valence-corrected chi connectivity index (χ3v) is 7.78. The Hall–Kier alpha value is -3.17. The summed E-state index contributed by atoms with van der Waals surface area (Å²) >= 11 is 1.50. The Morgan fingerprint density at radius 2 is 1.79 bits per heavy atom. The number of carbonyl (C=O) groups excluding carboxylic acids is 2. The standard InChI is InChI=1S/C30H39N3O5S/c1-29(2,3)38-27(34)18-30(16-20-10-7-8-11-21(20)17-30)28(35)31-19-26-32-22-14-24(37-13-9-12-33(4)5)23(36-6)15-25(22)39-26/h7-8,10-11,14-15H,9,12-13,16-19H2,1-6H3,(H,31,35)/p+1. The summed E-state index contributed by atoms with van der Waals surface area (Å²) in [6.07, 6.45) is 1.97. The molecule has 0 fully saturated rings. The van der Waals surface area contributed by atoms with Crippen LogP contribution in [0.3, 0.4) is 0 Å². The van der Waals surface area contributed by atoms with Crippen molar-refractivity contribution in [3.8, 4) is 11.5 Å². The zero-order valence-corrected chi connectivity index (χ0v) is 24.6. The van der Waals surface area contributed by atoms with E-state index in [0.717, 1.165) is 39.3 Å². The summed E-state index contributed by atoms with van der Waals surface area (Å²) in [5.74, 6) is 0.809. The van der Waals surface area contributed by atoms with Gasteiger partial charge in [0, 0.05) is 18.6 Å². The van der Waals surface area contributed by atoms with Gasteiger partial charge in [0.2, 0.25) is 5.91 Å². The van der Waals surface area contributed by atoms with Crippen LogP contribution in [0.2, 0.25) is 0 Å². The smallest absolute Gasteiger partial charge is 0.307 e. The number of rotatable bonds is 11. The fraction of sp³-hybridized carbons (Fsp3) is 0.500. The van der Waals surface area contributed by atoms with Crippen LogP contribution in [-0.4, -0.2) is 56.8 Å². The average molecular weight is 555 g/mol. The minimum absolute atomic E-state index is 0.0256. The number of fused-ring (bicyclic) bond motifs is 2. The highest BCUT2D eigenvalue weighted by atomic mass is 32.1. The first kappa shape index (κ1) is 28.8. The molecule has 0 spiro atoms. The van der Waals surface area contributed by atoms with Crippen LogP contribution in [0.15, 0.2) is 36.4 Å². The van der Waals surface area contributed by atoms with Crippen LogP contribution in [-0.2, 0) is 33.7 Å². The number of aromatic nitrogens is 1. The minimum Gasteiger partial charge on any atom is -0.493 e. The van der Waals surface area contributed by atoms with E-state index in [-0.39, 0.29) is 24.8 Å². The third-order valence-electron chi connectivity index (χ3n) is 6.76. The van der Waals surface area contributed by atoms with Gasteiger partial charge in [0.15, 0.2) is 11.5 Å². The van der Waals surface area contributed by atoms with Gasteiger partial charge < -0.3 is 24.4 Å². The number of quaternary nitrogens is 1. The van der Waals surface area contributed by atoms with Crippen molar-refractivity contribution in [2.45, 2.75) is 58.6 Å². The van der Waals surface area contributed by atoms with E-state index < -0.39 is 11.0 Å². The molecular formula is C30H40N3O5S+. The maximum absolute atomic E-state index is 13.7. The normalized spacial score (nSPS) is 14.3. The molecule has 0 saturated carbocycles. The number of nitrogens with zero attached hydrogens (tertiary/aromatic N) is 1. The lowest BCUT2D eigenvalue weighted by molar-refractivity contribution is -0.858. The molecule has 2 aromatic carbocycles. The number of esters is 1. The summed E-state index contributed by atoms with van der Waals surface area (Å²) < 4.78 is 18.1. The number of methoxy groups -OCH3 is 1. The topological polar surface area (TPSA) is 91.2 Å². The first-order valence-corrected chi connectivity index (χ1v) is 14.3. The molecule has 0 radical (unpaired) electrons. The van der Waals surface area contributed by atoms with E-state index in [1.165, 1.54) is 16.2 Å². The number of hydrogen-bond acceptors (Lipinski definition) is 7. The Balaban J connectivity index is 1.48. The van der Waals surface area contributed by atoms with Gasteiger partial charge in [0.25, 0.3) is 0 Å². The molecular weight excluding hydrogens is 514 g/mol. The molecule has 1 amide bonds. The molecule has 9 heteroatoms. The highest BCUT2D eigenvalue weighted by Gasteiger charge is 2.46. The molecule has 0 unspecified atom stereocenters. The van der Waals surface area contributed by atoms with Crippen LogP contribution in [0.1, 0.15) is 49.7 Å². The quantitative estimate of drug-likeness (QED) is 0.279. The van der Waals surface area contributed by atoms with Gasteiger partial charge in [-0.1, -0.05) is 24.3 Å². The number of ether oxygens (including phenoxy) is 3. The Kier molecular flexibility index (Phi) is 8.81. The predicted octanol–water partition coefficient (Wildman–Crippen LogP) is 3.35. The van der Waals surface area contributed by atoms with Gasteiger partial charge in [0.05, 0.1) is 63.0 Å². The number of hydrogen-bond donors (Lipinski definition) is 2. The van der Waals surface area contributed by atoms with Crippen molar-refractivity contribution in [3.05, 3.63) is 52.5 Å².